The van der Waals surface area contributed by atoms with Crippen molar-refractivity contribution >= 4 is 0 Å². The zero-order valence-electron chi connectivity index (χ0n) is 27.0. The standard InChI is InChI=1S/C34H66O2/c1-15-17-34(16-2,22-18-24(30(3,4)5)28(35)25(19-22)31(6,7)8)23-20-26(32(9,10)11)29(36)27(21-23)33(12,13)14/h22-29,35-36H,15-21H2,1-14H3. The SMILES string of the molecule is CCCC(CC)(C1CC(C(C)(C)C)C(O)C(C(C)(C)C)C1)C1CC(C(C)(C)C)C(O)C(C(C)(C)C)C1. The Morgan fingerprint density at radius 1 is 0.500 bits per heavy atom. The lowest BCUT2D eigenvalue weighted by molar-refractivity contribution is -0.148. The molecule has 2 N–H and O–H groups in total. The Morgan fingerprint density at radius 2 is 0.750 bits per heavy atom. The fourth-order valence-corrected chi connectivity index (χ4v) is 8.90. The molecular formula is C34H66O2. The normalized spacial score (nSPS) is 37.0. The van der Waals surface area contributed by atoms with Gasteiger partial charge in [0.2, 0.25) is 0 Å². The molecule has 214 valence electrons. The van der Waals surface area contributed by atoms with Gasteiger partial charge in [0, 0.05) is 0 Å². The van der Waals surface area contributed by atoms with Crippen LogP contribution in [0.3, 0.4) is 0 Å². The topological polar surface area (TPSA) is 40.5 Å². The molecule has 0 amide bonds. The van der Waals surface area contributed by atoms with Crippen LogP contribution in [0.1, 0.15) is 142 Å². The summed E-state index contributed by atoms with van der Waals surface area (Å²) in [5.74, 6) is 2.56. The summed E-state index contributed by atoms with van der Waals surface area (Å²) in [6, 6.07) is 0. The molecule has 0 heterocycles. The first-order chi connectivity index (χ1) is 16.1. The van der Waals surface area contributed by atoms with Crippen molar-refractivity contribution in [1.82, 2.24) is 0 Å². The number of aliphatic hydroxyl groups excluding tert-OH is 2. The van der Waals surface area contributed by atoms with Crippen molar-refractivity contribution in [2.75, 3.05) is 0 Å². The Bertz CT molecular complexity index is 593. The summed E-state index contributed by atoms with van der Waals surface area (Å²) in [6.07, 6.45) is 7.82. The van der Waals surface area contributed by atoms with Crippen molar-refractivity contribution < 1.29 is 10.2 Å². The molecule has 0 aromatic rings. The van der Waals surface area contributed by atoms with Crippen molar-refractivity contribution in [2.24, 2.45) is 62.6 Å². The van der Waals surface area contributed by atoms with Crippen LogP contribution in [0.25, 0.3) is 0 Å². The van der Waals surface area contributed by atoms with E-state index >= 15 is 0 Å². The molecule has 0 saturated heterocycles. The molecule has 0 spiro atoms. The van der Waals surface area contributed by atoms with Gasteiger partial charge in [0.1, 0.15) is 0 Å². The second kappa shape index (κ2) is 10.8. The second-order valence-electron chi connectivity index (χ2n) is 17.5. The number of aliphatic hydroxyl groups is 2. The van der Waals surface area contributed by atoms with Crippen molar-refractivity contribution in [2.45, 2.75) is 154 Å². The van der Waals surface area contributed by atoms with E-state index in [1.165, 1.54) is 19.3 Å². The molecule has 36 heavy (non-hydrogen) atoms. The van der Waals surface area contributed by atoms with Crippen LogP contribution in [-0.2, 0) is 0 Å². The summed E-state index contributed by atoms with van der Waals surface area (Å²) >= 11 is 0. The monoisotopic (exact) mass is 507 g/mol. The van der Waals surface area contributed by atoms with Crippen molar-refractivity contribution in [3.8, 4) is 0 Å². The van der Waals surface area contributed by atoms with Crippen LogP contribution in [0.4, 0.5) is 0 Å². The minimum absolute atomic E-state index is 0.0952. The third-order valence-corrected chi connectivity index (χ3v) is 11.3. The fourth-order valence-electron chi connectivity index (χ4n) is 8.90. The Labute approximate surface area is 226 Å². The van der Waals surface area contributed by atoms with Gasteiger partial charge < -0.3 is 10.2 Å². The first kappa shape index (κ1) is 32.1. The summed E-state index contributed by atoms with van der Waals surface area (Å²) in [5, 5.41) is 23.4. The van der Waals surface area contributed by atoms with E-state index in [-0.39, 0.29) is 39.3 Å². The largest absolute Gasteiger partial charge is 0.393 e. The van der Waals surface area contributed by atoms with Crippen molar-refractivity contribution in [3.63, 3.8) is 0 Å². The average Bonchev–Trinajstić information content (AvgIpc) is 2.69. The molecule has 2 aliphatic carbocycles. The third kappa shape index (κ3) is 6.55. The van der Waals surface area contributed by atoms with Gasteiger partial charge in [0.25, 0.3) is 0 Å². The van der Waals surface area contributed by atoms with Gasteiger partial charge >= 0.3 is 0 Å². The van der Waals surface area contributed by atoms with E-state index in [0.717, 1.165) is 25.7 Å². The summed E-state index contributed by atoms with van der Waals surface area (Å²) in [7, 11) is 0. The number of rotatable bonds is 5. The lowest BCUT2D eigenvalue weighted by Gasteiger charge is -2.59. The number of hydrogen-bond acceptors (Lipinski definition) is 2. The molecule has 0 aromatic heterocycles. The molecule has 2 fully saturated rings. The van der Waals surface area contributed by atoms with Crippen LogP contribution in [0, 0.1) is 62.6 Å². The van der Waals surface area contributed by atoms with Crippen LogP contribution in [0.15, 0.2) is 0 Å². The summed E-state index contributed by atoms with van der Waals surface area (Å²) < 4.78 is 0. The molecule has 2 saturated carbocycles. The molecule has 2 aliphatic rings. The number of hydrogen-bond donors (Lipinski definition) is 2. The van der Waals surface area contributed by atoms with Gasteiger partial charge in [-0.3, -0.25) is 0 Å². The van der Waals surface area contributed by atoms with Gasteiger partial charge in [-0.25, -0.2) is 0 Å². The van der Waals surface area contributed by atoms with Crippen LogP contribution >= 0.6 is 0 Å². The van der Waals surface area contributed by atoms with E-state index in [2.05, 4.69) is 96.9 Å². The van der Waals surface area contributed by atoms with Gasteiger partial charge in [0.05, 0.1) is 12.2 Å². The van der Waals surface area contributed by atoms with E-state index in [0.29, 0.717) is 35.5 Å². The predicted octanol–water partition coefficient (Wildman–Crippen LogP) is 9.37. The molecule has 0 aliphatic heterocycles. The maximum Gasteiger partial charge on any atom is 0.0606 e. The van der Waals surface area contributed by atoms with Gasteiger partial charge in [-0.1, -0.05) is 103 Å². The van der Waals surface area contributed by atoms with Gasteiger partial charge in [0.15, 0.2) is 0 Å². The lowest BCUT2D eigenvalue weighted by Crippen LogP contribution is -2.55. The second-order valence-corrected chi connectivity index (χ2v) is 17.5. The Balaban J connectivity index is 2.64. The van der Waals surface area contributed by atoms with Gasteiger partial charge in [-0.15, -0.1) is 0 Å². The predicted molar refractivity (Wildman–Crippen MR) is 157 cm³/mol. The quantitative estimate of drug-likeness (QED) is 0.390. The molecule has 4 atom stereocenters. The van der Waals surface area contributed by atoms with E-state index < -0.39 is 0 Å². The molecule has 0 aromatic carbocycles. The zero-order valence-corrected chi connectivity index (χ0v) is 27.0. The molecule has 0 bridgehead atoms. The minimum Gasteiger partial charge on any atom is -0.393 e. The maximum atomic E-state index is 11.7. The van der Waals surface area contributed by atoms with E-state index in [1.807, 2.05) is 0 Å². The van der Waals surface area contributed by atoms with Gasteiger partial charge in [-0.05, 0) is 101 Å². The van der Waals surface area contributed by atoms with Crippen LogP contribution in [0.2, 0.25) is 0 Å². The Kier molecular flexibility index (Phi) is 9.66. The van der Waals surface area contributed by atoms with E-state index in [9.17, 15) is 10.2 Å². The first-order valence-corrected chi connectivity index (χ1v) is 15.5. The summed E-state index contributed by atoms with van der Waals surface area (Å²) in [6.45, 7) is 33.0. The zero-order chi connectivity index (χ0) is 28.1. The highest BCUT2D eigenvalue weighted by atomic mass is 16.3. The fraction of sp³-hybridized carbons (Fsp3) is 1.00. The smallest absolute Gasteiger partial charge is 0.0606 e. The average molecular weight is 507 g/mol. The Morgan fingerprint density at radius 3 is 0.917 bits per heavy atom. The molecule has 2 heteroatoms. The molecule has 2 nitrogen and oxygen atoms in total. The summed E-state index contributed by atoms with van der Waals surface area (Å²) in [4.78, 5) is 0. The van der Waals surface area contributed by atoms with Crippen LogP contribution in [-0.4, -0.2) is 22.4 Å². The first-order valence-electron chi connectivity index (χ1n) is 15.5. The van der Waals surface area contributed by atoms with Gasteiger partial charge in [-0.2, -0.15) is 0 Å². The highest BCUT2D eigenvalue weighted by Gasteiger charge is 2.56. The maximum absolute atomic E-state index is 11.7. The van der Waals surface area contributed by atoms with Crippen molar-refractivity contribution in [1.29, 1.82) is 0 Å². The van der Waals surface area contributed by atoms with Crippen LogP contribution in [0.5, 0.6) is 0 Å². The van der Waals surface area contributed by atoms with E-state index in [4.69, 9.17) is 0 Å². The molecular weight excluding hydrogens is 440 g/mol. The van der Waals surface area contributed by atoms with Crippen LogP contribution < -0.4 is 0 Å². The Hall–Kier alpha value is -0.0800. The molecule has 2 rings (SSSR count). The molecule has 4 unspecified atom stereocenters. The summed E-state index contributed by atoms with van der Waals surface area (Å²) in [5.41, 5.74) is 0.654. The third-order valence-electron chi connectivity index (χ3n) is 11.3. The highest BCUT2D eigenvalue weighted by Crippen LogP contribution is 2.62. The van der Waals surface area contributed by atoms with E-state index in [1.54, 1.807) is 0 Å². The highest BCUT2D eigenvalue weighted by molar-refractivity contribution is 5.06. The minimum atomic E-state index is -0.227. The lowest BCUT2D eigenvalue weighted by atomic mass is 9.46. The molecule has 0 radical (unpaired) electrons. The van der Waals surface area contributed by atoms with Crippen molar-refractivity contribution in [3.05, 3.63) is 0 Å².